The molecule has 1 aromatic carbocycles. The summed E-state index contributed by atoms with van der Waals surface area (Å²) in [7, 11) is 0. The van der Waals surface area contributed by atoms with Crippen LogP contribution in [0.1, 0.15) is 30.6 Å². The minimum atomic E-state index is -0.456. The number of nitrogens with zero attached hydrogens (tertiary/aromatic N) is 3. The lowest BCUT2D eigenvalue weighted by Gasteiger charge is -2.27. The van der Waals surface area contributed by atoms with Crippen molar-refractivity contribution in [1.29, 1.82) is 0 Å². The quantitative estimate of drug-likeness (QED) is 0.413. The molecular formula is C22H23ClN4O3. The molecule has 0 atom stereocenters. The molecule has 0 bridgehead atoms. The number of hydrogen-bond acceptors (Lipinski definition) is 6. The summed E-state index contributed by atoms with van der Waals surface area (Å²) in [5.41, 5.74) is 1.43. The summed E-state index contributed by atoms with van der Waals surface area (Å²) in [4.78, 5) is 17.8. The first kappa shape index (κ1) is 20.4. The second kappa shape index (κ2) is 9.28. The third-order valence-corrected chi connectivity index (χ3v) is 5.44. The number of hydrogen-bond donors (Lipinski definition) is 1. The fourth-order valence-electron chi connectivity index (χ4n) is 3.64. The zero-order valence-electron chi connectivity index (χ0n) is 16.5. The Morgan fingerprint density at radius 2 is 1.93 bits per heavy atom. The van der Waals surface area contributed by atoms with Gasteiger partial charge in [-0.05, 0) is 55.2 Å². The second-order valence-corrected chi connectivity index (χ2v) is 7.80. The maximum absolute atomic E-state index is 11.3. The molecule has 156 valence electrons. The molecule has 1 fully saturated rings. The van der Waals surface area contributed by atoms with Gasteiger partial charge in [0.2, 0.25) is 0 Å². The highest BCUT2D eigenvalue weighted by atomic mass is 35.5. The molecule has 0 saturated carbocycles. The van der Waals surface area contributed by atoms with Crippen LogP contribution in [0.15, 0.2) is 53.1 Å². The van der Waals surface area contributed by atoms with Crippen molar-refractivity contribution in [2.24, 2.45) is 0 Å². The Balaban J connectivity index is 1.34. The summed E-state index contributed by atoms with van der Waals surface area (Å²) < 4.78 is 5.80. The van der Waals surface area contributed by atoms with Gasteiger partial charge >= 0.3 is 0 Å². The van der Waals surface area contributed by atoms with E-state index >= 15 is 0 Å². The fourth-order valence-corrected chi connectivity index (χ4v) is 3.81. The number of piperidine rings is 1. The third kappa shape index (κ3) is 4.80. The van der Waals surface area contributed by atoms with Crippen LogP contribution in [0, 0.1) is 10.1 Å². The second-order valence-electron chi connectivity index (χ2n) is 7.36. The number of aromatic nitrogens is 1. The number of rotatable bonds is 7. The zero-order chi connectivity index (χ0) is 20.9. The lowest BCUT2D eigenvalue weighted by Crippen LogP contribution is -2.30. The molecule has 0 amide bonds. The maximum Gasteiger partial charge on any atom is 0.281 e. The van der Waals surface area contributed by atoms with Crippen molar-refractivity contribution < 1.29 is 9.34 Å². The van der Waals surface area contributed by atoms with E-state index < -0.39 is 4.92 Å². The number of benzene rings is 1. The molecule has 0 aliphatic carbocycles. The topological polar surface area (TPSA) is 84.4 Å². The van der Waals surface area contributed by atoms with Crippen LogP contribution < -0.4 is 10.2 Å². The van der Waals surface area contributed by atoms with E-state index in [1.165, 1.54) is 25.3 Å². The van der Waals surface area contributed by atoms with E-state index in [0.29, 0.717) is 35.2 Å². The molecule has 1 aliphatic rings. The summed E-state index contributed by atoms with van der Waals surface area (Å²) >= 11 is 5.88. The molecule has 0 unspecified atom stereocenters. The van der Waals surface area contributed by atoms with Crippen LogP contribution in [0.4, 0.5) is 11.5 Å². The molecule has 3 heterocycles. The summed E-state index contributed by atoms with van der Waals surface area (Å²) in [5.74, 6) is 2.19. The molecule has 7 nitrogen and oxygen atoms in total. The summed E-state index contributed by atoms with van der Waals surface area (Å²) in [5, 5.41) is 14.9. The van der Waals surface area contributed by atoms with Gasteiger partial charge in [0.05, 0.1) is 17.0 Å². The number of anilines is 1. The van der Waals surface area contributed by atoms with E-state index in [0.717, 1.165) is 24.5 Å². The van der Waals surface area contributed by atoms with Crippen LogP contribution in [0.5, 0.6) is 0 Å². The van der Waals surface area contributed by atoms with Crippen LogP contribution in [0.2, 0.25) is 5.02 Å². The average Bonchev–Trinajstić information content (AvgIpc) is 3.23. The van der Waals surface area contributed by atoms with Crippen molar-refractivity contribution in [3.63, 3.8) is 0 Å². The van der Waals surface area contributed by atoms with Gasteiger partial charge in [-0.3, -0.25) is 10.1 Å². The molecule has 8 heteroatoms. The highest BCUT2D eigenvalue weighted by Gasteiger charge is 2.18. The van der Waals surface area contributed by atoms with Gasteiger partial charge in [-0.15, -0.1) is 0 Å². The van der Waals surface area contributed by atoms with Gasteiger partial charge in [0.25, 0.3) is 5.69 Å². The van der Waals surface area contributed by atoms with Crippen molar-refractivity contribution in [3.05, 3.63) is 75.1 Å². The summed E-state index contributed by atoms with van der Waals surface area (Å²) in [6.45, 7) is 3.33. The van der Waals surface area contributed by atoms with Crippen molar-refractivity contribution in [3.8, 4) is 11.3 Å². The fraction of sp³-hybridized carbons (Fsp3) is 0.318. The maximum atomic E-state index is 11.3. The van der Waals surface area contributed by atoms with Gasteiger partial charge in [-0.1, -0.05) is 17.7 Å². The van der Waals surface area contributed by atoms with Gasteiger partial charge in [0.1, 0.15) is 17.3 Å². The number of nitro benzene ring substituents is 1. The molecule has 4 rings (SSSR count). The van der Waals surface area contributed by atoms with Crippen LogP contribution in [0.25, 0.3) is 11.3 Å². The molecule has 0 spiro atoms. The van der Waals surface area contributed by atoms with Crippen molar-refractivity contribution in [1.82, 2.24) is 10.3 Å². The standard InChI is InChI=1S/C22H23ClN4O3/c23-17-5-7-19(20(12-17)27(28)29)21-8-6-18(30-21)15-24-13-16-4-9-22(25-14-16)26-10-2-1-3-11-26/h4-9,12,14,24H,1-3,10-11,13,15H2. The van der Waals surface area contributed by atoms with Gasteiger partial charge < -0.3 is 14.6 Å². The summed E-state index contributed by atoms with van der Waals surface area (Å²) in [6, 6.07) is 12.3. The first-order valence-electron chi connectivity index (χ1n) is 10.0. The largest absolute Gasteiger partial charge is 0.459 e. The van der Waals surface area contributed by atoms with E-state index in [2.05, 4.69) is 27.3 Å². The molecule has 1 saturated heterocycles. The van der Waals surface area contributed by atoms with Gasteiger partial charge in [0.15, 0.2) is 0 Å². The van der Waals surface area contributed by atoms with Crippen LogP contribution in [-0.4, -0.2) is 23.0 Å². The van der Waals surface area contributed by atoms with Gasteiger partial charge in [-0.25, -0.2) is 4.98 Å². The predicted molar refractivity (Wildman–Crippen MR) is 117 cm³/mol. The lowest BCUT2D eigenvalue weighted by atomic mass is 10.1. The lowest BCUT2D eigenvalue weighted by molar-refractivity contribution is -0.384. The number of furan rings is 1. The molecule has 2 aromatic heterocycles. The van der Waals surface area contributed by atoms with E-state index in [-0.39, 0.29) is 5.69 Å². The predicted octanol–water partition coefficient (Wildman–Crippen LogP) is 5.18. The minimum Gasteiger partial charge on any atom is -0.459 e. The third-order valence-electron chi connectivity index (χ3n) is 5.20. The monoisotopic (exact) mass is 426 g/mol. The van der Waals surface area contributed by atoms with Crippen LogP contribution >= 0.6 is 11.6 Å². The number of nitro groups is 1. The molecule has 0 radical (unpaired) electrons. The normalized spacial score (nSPS) is 14.1. The van der Waals surface area contributed by atoms with E-state index in [4.69, 9.17) is 16.0 Å². The van der Waals surface area contributed by atoms with Crippen molar-refractivity contribution in [2.75, 3.05) is 18.0 Å². The highest BCUT2D eigenvalue weighted by molar-refractivity contribution is 6.30. The van der Waals surface area contributed by atoms with Gasteiger partial charge in [0, 0.05) is 36.9 Å². The number of halogens is 1. The average molecular weight is 427 g/mol. The molecule has 1 N–H and O–H groups in total. The van der Waals surface area contributed by atoms with E-state index in [1.54, 1.807) is 18.2 Å². The first-order chi connectivity index (χ1) is 14.6. The van der Waals surface area contributed by atoms with E-state index in [9.17, 15) is 10.1 Å². The minimum absolute atomic E-state index is 0.0729. The van der Waals surface area contributed by atoms with Crippen LogP contribution in [-0.2, 0) is 13.1 Å². The Labute approximate surface area is 179 Å². The smallest absolute Gasteiger partial charge is 0.281 e. The first-order valence-corrected chi connectivity index (χ1v) is 10.4. The number of pyridine rings is 1. The van der Waals surface area contributed by atoms with Crippen molar-refractivity contribution in [2.45, 2.75) is 32.4 Å². The Morgan fingerprint density at radius 3 is 2.67 bits per heavy atom. The Kier molecular flexibility index (Phi) is 6.30. The molecule has 30 heavy (non-hydrogen) atoms. The van der Waals surface area contributed by atoms with Crippen LogP contribution in [0.3, 0.4) is 0 Å². The summed E-state index contributed by atoms with van der Waals surface area (Å²) in [6.07, 6.45) is 5.67. The molecular weight excluding hydrogens is 404 g/mol. The molecule has 3 aromatic rings. The Morgan fingerprint density at radius 1 is 1.10 bits per heavy atom. The zero-order valence-corrected chi connectivity index (χ0v) is 17.3. The van der Waals surface area contributed by atoms with E-state index in [1.807, 2.05) is 12.3 Å². The molecule has 1 aliphatic heterocycles. The Hall–Kier alpha value is -2.90. The Bertz CT molecular complexity index is 1010. The number of nitrogens with one attached hydrogen (secondary N) is 1. The van der Waals surface area contributed by atoms with Crippen molar-refractivity contribution >= 4 is 23.1 Å². The SMILES string of the molecule is O=[N+]([O-])c1cc(Cl)ccc1-c1ccc(CNCc2ccc(N3CCCCC3)nc2)o1. The van der Waals surface area contributed by atoms with Gasteiger partial charge in [-0.2, -0.15) is 0 Å². The highest BCUT2D eigenvalue weighted by Crippen LogP contribution is 2.33.